The van der Waals surface area contributed by atoms with Crippen LogP contribution in [0, 0.1) is 0 Å². The molecule has 0 atom stereocenters. The molecule has 54 valence electrons. The second kappa shape index (κ2) is 2.91. The highest BCUT2D eigenvalue weighted by atomic mass is 16.4. The third-order valence-corrected chi connectivity index (χ3v) is 0.965. The molecule has 0 radical (unpaired) electrons. The van der Waals surface area contributed by atoms with Crippen molar-refractivity contribution in [3.05, 3.63) is 18.6 Å². The molecule has 10 heavy (non-hydrogen) atoms. The van der Waals surface area contributed by atoms with Gasteiger partial charge in [-0.2, -0.15) is 0 Å². The third kappa shape index (κ3) is 1.81. The lowest BCUT2D eigenvalue weighted by molar-refractivity contribution is -0.134. The van der Waals surface area contributed by atoms with Crippen LogP contribution in [0.3, 0.4) is 0 Å². The van der Waals surface area contributed by atoms with E-state index >= 15 is 0 Å². The van der Waals surface area contributed by atoms with Crippen molar-refractivity contribution in [2.45, 2.75) is 0 Å². The van der Waals surface area contributed by atoms with Crippen LogP contribution in [0.15, 0.2) is 23.0 Å². The summed E-state index contributed by atoms with van der Waals surface area (Å²) >= 11 is 0. The number of carboxylic acid groups (broad SMARTS) is 1. The van der Waals surface area contributed by atoms with Gasteiger partial charge in [0.25, 0.3) is 0 Å². The van der Waals surface area contributed by atoms with Crippen LogP contribution >= 0.6 is 0 Å². The van der Waals surface area contributed by atoms with Crippen molar-refractivity contribution in [1.82, 2.24) is 0 Å². The van der Waals surface area contributed by atoms with Crippen molar-refractivity contribution in [1.29, 1.82) is 0 Å². The summed E-state index contributed by atoms with van der Waals surface area (Å²) in [6.07, 6.45) is 2.92. The molecule has 0 saturated heterocycles. The SMILES string of the molecule is O=C(O)CNc1ccoc1. The van der Waals surface area contributed by atoms with Gasteiger partial charge in [0, 0.05) is 0 Å². The number of furan rings is 1. The van der Waals surface area contributed by atoms with Gasteiger partial charge in [0.05, 0.1) is 12.0 Å². The first-order valence-corrected chi connectivity index (χ1v) is 2.77. The molecule has 1 aromatic heterocycles. The molecule has 0 aromatic carbocycles. The van der Waals surface area contributed by atoms with Crippen molar-refractivity contribution < 1.29 is 14.3 Å². The molecule has 0 aliphatic rings. The molecule has 4 heteroatoms. The maximum absolute atomic E-state index is 10.0. The van der Waals surface area contributed by atoms with E-state index in [0.29, 0.717) is 5.69 Å². The number of carbonyl (C=O) groups is 1. The first-order valence-electron chi connectivity index (χ1n) is 2.77. The zero-order chi connectivity index (χ0) is 7.40. The van der Waals surface area contributed by atoms with Gasteiger partial charge in [-0.1, -0.05) is 0 Å². The standard InChI is InChI=1S/C6H7NO3/c8-6(9)3-7-5-1-2-10-4-5/h1-2,4,7H,3H2,(H,8,9). The number of rotatable bonds is 3. The molecule has 0 unspecified atom stereocenters. The van der Waals surface area contributed by atoms with Gasteiger partial charge in [0.1, 0.15) is 12.8 Å². The molecular weight excluding hydrogens is 134 g/mol. The smallest absolute Gasteiger partial charge is 0.322 e. The Bertz CT molecular complexity index is 205. The summed E-state index contributed by atoms with van der Waals surface area (Å²) in [7, 11) is 0. The van der Waals surface area contributed by atoms with Crippen LogP contribution in [0.2, 0.25) is 0 Å². The molecule has 0 saturated carbocycles. The Hall–Kier alpha value is -1.45. The second-order valence-corrected chi connectivity index (χ2v) is 1.76. The van der Waals surface area contributed by atoms with Gasteiger partial charge in [-0.25, -0.2) is 0 Å². The highest BCUT2D eigenvalue weighted by molar-refractivity contribution is 5.72. The molecule has 1 aromatic rings. The Labute approximate surface area is 57.5 Å². The van der Waals surface area contributed by atoms with Crippen LogP contribution in [0.25, 0.3) is 0 Å². The molecule has 2 N–H and O–H groups in total. The molecule has 0 bridgehead atoms. The summed E-state index contributed by atoms with van der Waals surface area (Å²) in [6.45, 7) is -0.0838. The van der Waals surface area contributed by atoms with E-state index in [1.165, 1.54) is 12.5 Å². The lowest BCUT2D eigenvalue weighted by Gasteiger charge is -1.95. The van der Waals surface area contributed by atoms with Crippen LogP contribution in [-0.2, 0) is 4.79 Å². The second-order valence-electron chi connectivity index (χ2n) is 1.76. The quantitative estimate of drug-likeness (QED) is 0.652. The highest BCUT2D eigenvalue weighted by Crippen LogP contribution is 2.04. The fourth-order valence-electron chi connectivity index (χ4n) is 0.543. The Morgan fingerprint density at radius 3 is 3.10 bits per heavy atom. The summed E-state index contributed by atoms with van der Waals surface area (Å²) in [6, 6.07) is 1.66. The average Bonchev–Trinajstić information content (AvgIpc) is 2.34. The lowest BCUT2D eigenvalue weighted by atomic mass is 10.5. The maximum Gasteiger partial charge on any atom is 0.322 e. The van der Waals surface area contributed by atoms with Crippen LogP contribution in [-0.4, -0.2) is 17.6 Å². The van der Waals surface area contributed by atoms with Crippen molar-refractivity contribution in [2.24, 2.45) is 0 Å². The van der Waals surface area contributed by atoms with E-state index in [9.17, 15) is 4.79 Å². The van der Waals surface area contributed by atoms with Gasteiger partial charge >= 0.3 is 5.97 Å². The van der Waals surface area contributed by atoms with Crippen molar-refractivity contribution in [3.8, 4) is 0 Å². The molecule has 4 nitrogen and oxygen atoms in total. The van der Waals surface area contributed by atoms with E-state index in [4.69, 9.17) is 9.52 Å². The van der Waals surface area contributed by atoms with Crippen molar-refractivity contribution in [3.63, 3.8) is 0 Å². The number of hydrogen-bond acceptors (Lipinski definition) is 3. The number of hydrogen-bond donors (Lipinski definition) is 2. The minimum atomic E-state index is -0.888. The highest BCUT2D eigenvalue weighted by Gasteiger charge is 1.95. The summed E-state index contributed by atoms with van der Waals surface area (Å²) in [5, 5.41) is 10.8. The zero-order valence-electron chi connectivity index (χ0n) is 5.20. The number of carboxylic acids is 1. The molecule has 0 aliphatic heterocycles. The van der Waals surface area contributed by atoms with Gasteiger partial charge < -0.3 is 14.8 Å². The van der Waals surface area contributed by atoms with E-state index in [-0.39, 0.29) is 6.54 Å². The Kier molecular flexibility index (Phi) is 1.94. The molecular formula is C6H7NO3. The summed E-state index contributed by atoms with van der Waals surface area (Å²) in [5.41, 5.74) is 0.683. The Balaban J connectivity index is 2.35. The van der Waals surface area contributed by atoms with Crippen LogP contribution < -0.4 is 5.32 Å². The van der Waals surface area contributed by atoms with Gasteiger partial charge in [-0.3, -0.25) is 4.79 Å². The van der Waals surface area contributed by atoms with E-state index in [1.807, 2.05) is 0 Å². The molecule has 1 heterocycles. The van der Waals surface area contributed by atoms with E-state index < -0.39 is 5.97 Å². The van der Waals surface area contributed by atoms with Crippen LogP contribution in [0.5, 0.6) is 0 Å². The minimum absolute atomic E-state index is 0.0838. The molecule has 0 fully saturated rings. The van der Waals surface area contributed by atoms with Crippen LogP contribution in [0.1, 0.15) is 0 Å². The third-order valence-electron chi connectivity index (χ3n) is 0.965. The van der Waals surface area contributed by atoms with Gasteiger partial charge in [0.15, 0.2) is 0 Å². The van der Waals surface area contributed by atoms with Crippen molar-refractivity contribution in [2.75, 3.05) is 11.9 Å². The summed E-state index contributed by atoms with van der Waals surface area (Å²) in [5.74, 6) is -0.888. The number of aliphatic carboxylic acids is 1. The maximum atomic E-state index is 10.0. The van der Waals surface area contributed by atoms with Gasteiger partial charge in [0.2, 0.25) is 0 Å². The molecule has 1 rings (SSSR count). The topological polar surface area (TPSA) is 62.5 Å². The molecule has 0 amide bonds. The average molecular weight is 141 g/mol. The van der Waals surface area contributed by atoms with E-state index in [0.717, 1.165) is 0 Å². The minimum Gasteiger partial charge on any atom is -0.480 e. The number of nitrogens with one attached hydrogen (secondary N) is 1. The van der Waals surface area contributed by atoms with E-state index in [2.05, 4.69) is 5.32 Å². The Morgan fingerprint density at radius 1 is 1.80 bits per heavy atom. The van der Waals surface area contributed by atoms with Gasteiger partial charge in [-0.15, -0.1) is 0 Å². The molecule has 0 aliphatic carbocycles. The monoisotopic (exact) mass is 141 g/mol. The predicted octanol–water partition coefficient (Wildman–Crippen LogP) is 0.776. The fraction of sp³-hybridized carbons (Fsp3) is 0.167. The lowest BCUT2D eigenvalue weighted by Crippen LogP contribution is -2.11. The first kappa shape index (κ1) is 6.67. The largest absolute Gasteiger partial charge is 0.480 e. The molecule has 0 spiro atoms. The van der Waals surface area contributed by atoms with E-state index in [1.54, 1.807) is 6.07 Å². The van der Waals surface area contributed by atoms with Crippen molar-refractivity contribution >= 4 is 11.7 Å². The first-order chi connectivity index (χ1) is 4.79. The fourth-order valence-corrected chi connectivity index (χ4v) is 0.543. The predicted molar refractivity (Wildman–Crippen MR) is 34.8 cm³/mol. The Morgan fingerprint density at radius 2 is 2.60 bits per heavy atom. The normalized spacial score (nSPS) is 9.20. The summed E-state index contributed by atoms with van der Waals surface area (Å²) in [4.78, 5) is 10.0. The summed E-state index contributed by atoms with van der Waals surface area (Å²) < 4.78 is 4.69. The van der Waals surface area contributed by atoms with Gasteiger partial charge in [-0.05, 0) is 6.07 Å². The number of anilines is 1. The van der Waals surface area contributed by atoms with Crippen LogP contribution in [0.4, 0.5) is 5.69 Å². The zero-order valence-corrected chi connectivity index (χ0v) is 5.20.